The summed E-state index contributed by atoms with van der Waals surface area (Å²) in [6.45, 7) is 1.81. The number of rotatable bonds is 2. The van der Waals surface area contributed by atoms with Gasteiger partial charge in [-0.05, 0) is 42.8 Å². The number of aromatic nitrogens is 1. The van der Waals surface area contributed by atoms with Crippen molar-refractivity contribution in [3.05, 3.63) is 69.0 Å². The normalized spacial score (nSPS) is 10.8. The van der Waals surface area contributed by atoms with Crippen molar-refractivity contribution in [2.75, 3.05) is 5.32 Å². The van der Waals surface area contributed by atoms with Crippen LogP contribution in [0.5, 0.6) is 5.75 Å². The minimum Gasteiger partial charge on any atom is -0.506 e. The van der Waals surface area contributed by atoms with E-state index in [2.05, 4.69) is 5.32 Å². The molecule has 122 valence electrons. The van der Waals surface area contributed by atoms with Gasteiger partial charge in [0.25, 0.3) is 11.5 Å². The van der Waals surface area contributed by atoms with E-state index in [4.69, 9.17) is 11.6 Å². The minimum atomic E-state index is -0.666. The van der Waals surface area contributed by atoms with E-state index in [1.54, 1.807) is 43.4 Å². The number of aromatic hydroxyl groups is 1. The first kappa shape index (κ1) is 16.1. The molecule has 1 heterocycles. The molecule has 0 aliphatic carbocycles. The fraction of sp³-hybridized carbons (Fsp3) is 0.111. The third-order valence-corrected chi connectivity index (χ3v) is 4.19. The Morgan fingerprint density at radius 3 is 2.50 bits per heavy atom. The number of pyridine rings is 1. The number of aryl methyl sites for hydroxylation is 2. The first-order valence-electron chi connectivity index (χ1n) is 7.28. The van der Waals surface area contributed by atoms with Gasteiger partial charge < -0.3 is 15.0 Å². The number of hydrogen-bond donors (Lipinski definition) is 2. The molecule has 0 radical (unpaired) electrons. The monoisotopic (exact) mass is 342 g/mol. The lowest BCUT2D eigenvalue weighted by atomic mass is 10.0. The smallest absolute Gasteiger partial charge is 0.267 e. The fourth-order valence-corrected chi connectivity index (χ4v) is 2.80. The van der Waals surface area contributed by atoms with Crippen molar-refractivity contribution in [2.45, 2.75) is 6.92 Å². The third-order valence-electron chi connectivity index (χ3n) is 3.93. The first-order chi connectivity index (χ1) is 11.4. The van der Waals surface area contributed by atoms with Gasteiger partial charge >= 0.3 is 0 Å². The summed E-state index contributed by atoms with van der Waals surface area (Å²) in [5.74, 6) is -0.974. The predicted octanol–water partition coefficient (Wildman–Crippen LogP) is 3.46. The Balaban J connectivity index is 2.15. The molecule has 0 unspecified atom stereocenters. The molecule has 0 saturated heterocycles. The van der Waals surface area contributed by atoms with E-state index in [1.807, 2.05) is 13.0 Å². The van der Waals surface area contributed by atoms with E-state index in [0.717, 1.165) is 5.56 Å². The summed E-state index contributed by atoms with van der Waals surface area (Å²) in [6, 6.07) is 11.8. The summed E-state index contributed by atoms with van der Waals surface area (Å²) >= 11 is 5.81. The lowest BCUT2D eigenvalue weighted by molar-refractivity contribution is 0.102. The molecule has 2 aromatic carbocycles. The number of carbonyl (C=O) groups excluding carboxylic acids is 1. The molecule has 0 bridgehead atoms. The molecule has 6 heteroatoms. The zero-order valence-corrected chi connectivity index (χ0v) is 13.9. The summed E-state index contributed by atoms with van der Waals surface area (Å²) in [5.41, 5.74) is 0.990. The molecule has 1 aromatic heterocycles. The molecule has 3 rings (SSSR count). The van der Waals surface area contributed by atoms with Crippen LogP contribution in [-0.2, 0) is 7.05 Å². The van der Waals surface area contributed by atoms with Gasteiger partial charge in [-0.25, -0.2) is 0 Å². The van der Waals surface area contributed by atoms with Crippen LogP contribution < -0.4 is 10.9 Å². The first-order valence-corrected chi connectivity index (χ1v) is 7.66. The predicted molar refractivity (Wildman–Crippen MR) is 95.0 cm³/mol. The maximum atomic E-state index is 12.5. The Hall–Kier alpha value is -2.79. The largest absolute Gasteiger partial charge is 0.506 e. The van der Waals surface area contributed by atoms with E-state index in [0.29, 0.717) is 21.6 Å². The van der Waals surface area contributed by atoms with Crippen LogP contribution in [0, 0.1) is 6.92 Å². The zero-order valence-electron chi connectivity index (χ0n) is 13.1. The van der Waals surface area contributed by atoms with E-state index >= 15 is 0 Å². The molecule has 24 heavy (non-hydrogen) atoms. The van der Waals surface area contributed by atoms with E-state index in [-0.39, 0.29) is 11.3 Å². The summed E-state index contributed by atoms with van der Waals surface area (Å²) in [5, 5.41) is 14.2. The number of nitrogens with zero attached hydrogens (tertiary/aromatic N) is 1. The number of amides is 1. The number of fused-ring (bicyclic) bond motifs is 1. The molecule has 1 amide bonds. The topological polar surface area (TPSA) is 71.3 Å². The highest BCUT2D eigenvalue weighted by molar-refractivity contribution is 6.30. The van der Waals surface area contributed by atoms with Gasteiger partial charge in [-0.15, -0.1) is 0 Å². The van der Waals surface area contributed by atoms with Crippen molar-refractivity contribution < 1.29 is 9.90 Å². The number of hydrogen-bond acceptors (Lipinski definition) is 3. The van der Waals surface area contributed by atoms with Crippen LogP contribution in [0.2, 0.25) is 5.02 Å². The van der Waals surface area contributed by atoms with Gasteiger partial charge in [0.2, 0.25) is 0 Å². The Morgan fingerprint density at radius 2 is 1.83 bits per heavy atom. The Labute approximate surface area is 143 Å². The van der Waals surface area contributed by atoms with Gasteiger partial charge in [-0.2, -0.15) is 0 Å². The van der Waals surface area contributed by atoms with E-state index < -0.39 is 11.5 Å². The van der Waals surface area contributed by atoms with Gasteiger partial charge in [-0.1, -0.05) is 23.7 Å². The number of benzene rings is 2. The molecule has 0 aliphatic rings. The van der Waals surface area contributed by atoms with E-state index in [9.17, 15) is 14.7 Å². The Morgan fingerprint density at radius 1 is 1.17 bits per heavy atom. The van der Waals surface area contributed by atoms with Crippen LogP contribution in [0.1, 0.15) is 15.9 Å². The van der Waals surface area contributed by atoms with Crippen LogP contribution in [0.4, 0.5) is 5.69 Å². The maximum Gasteiger partial charge on any atom is 0.267 e. The Kier molecular flexibility index (Phi) is 4.03. The van der Waals surface area contributed by atoms with Crippen molar-refractivity contribution in [3.63, 3.8) is 0 Å². The lowest BCUT2D eigenvalue weighted by Crippen LogP contribution is -2.28. The summed E-state index contributed by atoms with van der Waals surface area (Å²) in [6.07, 6.45) is 0. The molecular weight excluding hydrogens is 328 g/mol. The molecule has 5 nitrogen and oxygen atoms in total. The van der Waals surface area contributed by atoms with E-state index in [1.165, 1.54) is 4.57 Å². The second kappa shape index (κ2) is 6.02. The third kappa shape index (κ3) is 2.63. The highest BCUT2D eigenvalue weighted by Gasteiger charge is 2.22. The van der Waals surface area contributed by atoms with Gasteiger partial charge in [0.15, 0.2) is 0 Å². The zero-order chi connectivity index (χ0) is 17.4. The number of halogens is 1. The van der Waals surface area contributed by atoms with Crippen molar-refractivity contribution in [3.8, 4) is 5.75 Å². The second-order valence-electron chi connectivity index (χ2n) is 5.52. The summed E-state index contributed by atoms with van der Waals surface area (Å²) in [4.78, 5) is 25.1. The minimum absolute atomic E-state index is 0.283. The molecular formula is C18H15ClN2O3. The highest BCUT2D eigenvalue weighted by Crippen LogP contribution is 2.29. The number of carbonyl (C=O) groups is 1. The van der Waals surface area contributed by atoms with Crippen molar-refractivity contribution in [1.29, 1.82) is 0 Å². The molecule has 0 atom stereocenters. The van der Waals surface area contributed by atoms with Crippen molar-refractivity contribution >= 4 is 34.1 Å². The molecule has 0 fully saturated rings. The average Bonchev–Trinajstić information content (AvgIpc) is 2.55. The van der Waals surface area contributed by atoms with Gasteiger partial charge in [0.1, 0.15) is 11.3 Å². The maximum absolute atomic E-state index is 12.5. The van der Waals surface area contributed by atoms with Gasteiger partial charge in [0.05, 0.1) is 5.52 Å². The number of anilines is 1. The standard InChI is InChI=1S/C18H15ClN2O3/c1-10-4-3-5-13-14(10)16(22)15(18(24)21(13)2)17(23)20-12-8-6-11(19)7-9-12/h3-9,22H,1-2H3,(H,20,23). The molecule has 2 N–H and O–H groups in total. The second-order valence-corrected chi connectivity index (χ2v) is 5.95. The Bertz CT molecular complexity index is 1010. The van der Waals surface area contributed by atoms with Crippen LogP contribution in [0.3, 0.4) is 0 Å². The highest BCUT2D eigenvalue weighted by atomic mass is 35.5. The fourth-order valence-electron chi connectivity index (χ4n) is 2.67. The lowest BCUT2D eigenvalue weighted by Gasteiger charge is -2.13. The molecule has 0 aliphatic heterocycles. The van der Waals surface area contributed by atoms with Gasteiger partial charge in [-0.3, -0.25) is 9.59 Å². The van der Waals surface area contributed by atoms with Crippen molar-refractivity contribution in [1.82, 2.24) is 4.57 Å². The van der Waals surface area contributed by atoms with Crippen LogP contribution >= 0.6 is 11.6 Å². The van der Waals surface area contributed by atoms with Crippen LogP contribution in [0.25, 0.3) is 10.9 Å². The summed E-state index contributed by atoms with van der Waals surface area (Å²) < 4.78 is 1.36. The van der Waals surface area contributed by atoms with Crippen LogP contribution in [0.15, 0.2) is 47.3 Å². The molecule has 0 spiro atoms. The number of nitrogens with one attached hydrogen (secondary N) is 1. The van der Waals surface area contributed by atoms with Crippen LogP contribution in [-0.4, -0.2) is 15.6 Å². The average molecular weight is 343 g/mol. The SMILES string of the molecule is Cc1cccc2c1c(O)c(C(=O)Nc1ccc(Cl)cc1)c(=O)n2C. The quantitative estimate of drug-likeness (QED) is 0.749. The van der Waals surface area contributed by atoms with Gasteiger partial charge in [0, 0.05) is 23.1 Å². The summed E-state index contributed by atoms with van der Waals surface area (Å²) in [7, 11) is 1.57. The molecule has 3 aromatic rings. The molecule has 0 saturated carbocycles. The van der Waals surface area contributed by atoms with Crippen molar-refractivity contribution in [2.24, 2.45) is 7.05 Å².